The van der Waals surface area contributed by atoms with Gasteiger partial charge in [0.15, 0.2) is 11.5 Å². The van der Waals surface area contributed by atoms with Crippen LogP contribution < -0.4 is 14.8 Å². The number of carbonyl (C=O) groups excluding carboxylic acids is 3. The van der Waals surface area contributed by atoms with E-state index < -0.39 is 24.5 Å². The first-order valence-electron chi connectivity index (χ1n) is 8.26. The summed E-state index contributed by atoms with van der Waals surface area (Å²) < 4.78 is 16.6. The summed E-state index contributed by atoms with van der Waals surface area (Å²) in [5.41, 5.74) is 0.716. The highest BCUT2D eigenvalue weighted by Crippen LogP contribution is 2.35. The van der Waals surface area contributed by atoms with Crippen molar-refractivity contribution in [2.24, 2.45) is 0 Å². The Labute approximate surface area is 171 Å². The quantitative estimate of drug-likeness (QED) is 0.275. The van der Waals surface area contributed by atoms with Crippen molar-refractivity contribution in [2.75, 3.05) is 20.8 Å². The van der Waals surface area contributed by atoms with Crippen LogP contribution in [0.5, 0.6) is 11.5 Å². The van der Waals surface area contributed by atoms with Gasteiger partial charge in [-0.25, -0.2) is 9.69 Å². The zero-order valence-corrected chi connectivity index (χ0v) is 17.7. The van der Waals surface area contributed by atoms with E-state index in [2.05, 4.69) is 32.6 Å². The van der Waals surface area contributed by atoms with Gasteiger partial charge in [0, 0.05) is 0 Å². The summed E-state index contributed by atoms with van der Waals surface area (Å²) in [6, 6.07) is 2.86. The van der Waals surface area contributed by atoms with Crippen LogP contribution in [0.1, 0.15) is 25.8 Å². The summed E-state index contributed by atoms with van der Waals surface area (Å²) >= 11 is 2.13. The second-order valence-electron chi connectivity index (χ2n) is 5.83. The van der Waals surface area contributed by atoms with Gasteiger partial charge < -0.3 is 19.5 Å². The first-order valence-corrected chi connectivity index (χ1v) is 9.34. The largest absolute Gasteiger partial charge is 0.493 e. The highest BCUT2D eigenvalue weighted by Gasteiger charge is 2.35. The fraction of sp³-hybridized carbons (Fsp3) is 0.389. The Hall–Kier alpha value is -2.30. The molecule has 27 heavy (non-hydrogen) atoms. The minimum atomic E-state index is -0.678. The smallest absolute Gasteiger partial charge is 0.329 e. The molecule has 1 aromatic carbocycles. The normalized spacial score (nSPS) is 16.3. The van der Waals surface area contributed by atoms with Crippen molar-refractivity contribution < 1.29 is 28.6 Å². The van der Waals surface area contributed by atoms with Crippen LogP contribution in [0.25, 0.3) is 6.08 Å². The minimum absolute atomic E-state index is 0.0270. The van der Waals surface area contributed by atoms with Gasteiger partial charge in [-0.2, -0.15) is 0 Å². The van der Waals surface area contributed by atoms with Crippen molar-refractivity contribution in [2.45, 2.75) is 26.4 Å². The lowest BCUT2D eigenvalue weighted by atomic mass is 10.1. The lowest BCUT2D eigenvalue weighted by Crippen LogP contribution is -2.36. The fourth-order valence-corrected chi connectivity index (χ4v) is 3.05. The molecule has 3 amide bonds. The molecule has 1 atom stereocenters. The standard InChI is InChI=1S/C18H21IN2O6/c1-5-10(2)27-16-12(19)6-11(8-14(16)25-3)7-13-17(23)21(18(24)20-13)9-15(22)26-4/h6-8,10H,5,9H2,1-4H3,(H,20,24)/b13-7+/t10-/m0/s1. The highest BCUT2D eigenvalue weighted by molar-refractivity contribution is 14.1. The molecule has 9 heteroatoms. The fourth-order valence-electron chi connectivity index (χ4n) is 2.30. The lowest BCUT2D eigenvalue weighted by molar-refractivity contribution is -0.143. The number of methoxy groups -OCH3 is 2. The second-order valence-corrected chi connectivity index (χ2v) is 6.99. The molecule has 0 unspecified atom stereocenters. The van der Waals surface area contributed by atoms with Crippen LogP contribution in [0.3, 0.4) is 0 Å². The number of imide groups is 1. The van der Waals surface area contributed by atoms with Crippen molar-refractivity contribution in [3.8, 4) is 11.5 Å². The van der Waals surface area contributed by atoms with E-state index in [-0.39, 0.29) is 11.8 Å². The van der Waals surface area contributed by atoms with E-state index in [9.17, 15) is 14.4 Å². The zero-order chi connectivity index (χ0) is 20.1. The molecule has 1 aliphatic rings. The van der Waals surface area contributed by atoms with Gasteiger partial charge in [-0.05, 0) is 59.7 Å². The van der Waals surface area contributed by atoms with Crippen molar-refractivity contribution in [3.05, 3.63) is 27.0 Å². The van der Waals surface area contributed by atoms with E-state index >= 15 is 0 Å². The zero-order valence-electron chi connectivity index (χ0n) is 15.5. The van der Waals surface area contributed by atoms with Crippen molar-refractivity contribution in [1.82, 2.24) is 10.2 Å². The molecule has 0 aromatic heterocycles. The third-order valence-corrected chi connectivity index (χ3v) is 4.74. The summed E-state index contributed by atoms with van der Waals surface area (Å²) in [6.45, 7) is 3.55. The van der Waals surface area contributed by atoms with E-state index in [4.69, 9.17) is 9.47 Å². The van der Waals surface area contributed by atoms with Gasteiger partial charge in [0.05, 0.1) is 23.9 Å². The van der Waals surface area contributed by atoms with Crippen LogP contribution in [0.15, 0.2) is 17.8 Å². The number of nitrogens with zero attached hydrogens (tertiary/aromatic N) is 1. The number of rotatable bonds is 7. The Morgan fingerprint density at radius 1 is 1.33 bits per heavy atom. The Morgan fingerprint density at radius 3 is 2.63 bits per heavy atom. The Balaban J connectivity index is 2.31. The maximum Gasteiger partial charge on any atom is 0.329 e. The maximum atomic E-state index is 12.4. The average Bonchev–Trinajstić information content (AvgIpc) is 2.90. The molecule has 146 valence electrons. The predicted octanol–water partition coefficient (Wildman–Crippen LogP) is 2.54. The molecule has 0 aliphatic carbocycles. The van der Waals surface area contributed by atoms with Crippen LogP contribution in [-0.4, -0.2) is 49.7 Å². The van der Waals surface area contributed by atoms with Gasteiger partial charge in [0.2, 0.25) is 0 Å². The van der Waals surface area contributed by atoms with Gasteiger partial charge in [-0.1, -0.05) is 6.92 Å². The molecule has 1 N–H and O–H groups in total. The molecule has 1 saturated heterocycles. The van der Waals surface area contributed by atoms with Gasteiger partial charge >= 0.3 is 12.0 Å². The number of halogens is 1. The van der Waals surface area contributed by atoms with Gasteiger partial charge in [-0.15, -0.1) is 0 Å². The van der Waals surface area contributed by atoms with Crippen molar-refractivity contribution >= 4 is 46.6 Å². The van der Waals surface area contributed by atoms with Crippen LogP contribution >= 0.6 is 22.6 Å². The molecule has 0 bridgehead atoms. The Morgan fingerprint density at radius 2 is 2.04 bits per heavy atom. The number of hydrogen-bond acceptors (Lipinski definition) is 6. The lowest BCUT2D eigenvalue weighted by Gasteiger charge is -2.17. The van der Waals surface area contributed by atoms with Gasteiger partial charge in [-0.3, -0.25) is 9.59 Å². The molecule has 2 rings (SSSR count). The average molecular weight is 488 g/mol. The van der Waals surface area contributed by atoms with Crippen molar-refractivity contribution in [1.29, 1.82) is 0 Å². The number of ether oxygens (including phenoxy) is 3. The molecule has 8 nitrogen and oxygen atoms in total. The minimum Gasteiger partial charge on any atom is -0.493 e. The van der Waals surface area contributed by atoms with Crippen LogP contribution in [0, 0.1) is 3.57 Å². The summed E-state index contributed by atoms with van der Waals surface area (Å²) in [5.74, 6) is -0.122. The molecule has 0 radical (unpaired) electrons. The van der Waals surface area contributed by atoms with Crippen LogP contribution in [0.2, 0.25) is 0 Å². The number of nitrogens with one attached hydrogen (secondary N) is 1. The molecule has 1 fully saturated rings. The van der Waals surface area contributed by atoms with E-state index in [1.54, 1.807) is 6.07 Å². The molecule has 0 saturated carbocycles. The molecular formula is C18H21IN2O6. The summed E-state index contributed by atoms with van der Waals surface area (Å²) in [6.07, 6.45) is 2.40. The third kappa shape index (κ3) is 4.90. The first-order chi connectivity index (χ1) is 12.8. The van der Waals surface area contributed by atoms with Gasteiger partial charge in [0.1, 0.15) is 12.2 Å². The molecular weight excluding hydrogens is 467 g/mol. The second kappa shape index (κ2) is 9.07. The van der Waals surface area contributed by atoms with E-state index in [1.807, 2.05) is 19.9 Å². The third-order valence-electron chi connectivity index (χ3n) is 3.93. The van der Waals surface area contributed by atoms with E-state index in [0.29, 0.717) is 17.1 Å². The summed E-state index contributed by atoms with van der Waals surface area (Å²) in [5, 5.41) is 2.46. The maximum absolute atomic E-state index is 12.4. The van der Waals surface area contributed by atoms with E-state index in [1.165, 1.54) is 20.3 Å². The van der Waals surface area contributed by atoms with Crippen LogP contribution in [0.4, 0.5) is 4.79 Å². The predicted molar refractivity (Wildman–Crippen MR) is 106 cm³/mol. The highest BCUT2D eigenvalue weighted by atomic mass is 127. The van der Waals surface area contributed by atoms with Crippen molar-refractivity contribution in [3.63, 3.8) is 0 Å². The van der Waals surface area contributed by atoms with Crippen LogP contribution in [-0.2, 0) is 14.3 Å². The number of urea groups is 1. The Kier molecular flexibility index (Phi) is 7.05. The first kappa shape index (κ1) is 21.0. The molecule has 1 aliphatic heterocycles. The molecule has 0 spiro atoms. The monoisotopic (exact) mass is 488 g/mol. The van der Waals surface area contributed by atoms with E-state index in [0.717, 1.165) is 14.9 Å². The number of carbonyl (C=O) groups is 3. The summed E-state index contributed by atoms with van der Waals surface area (Å²) in [4.78, 5) is 36.5. The number of esters is 1. The summed E-state index contributed by atoms with van der Waals surface area (Å²) in [7, 11) is 2.72. The topological polar surface area (TPSA) is 94.2 Å². The molecule has 1 aromatic rings. The number of amides is 3. The Bertz CT molecular complexity index is 792. The number of hydrogen-bond donors (Lipinski definition) is 1. The SMILES string of the molecule is CC[C@H](C)Oc1c(I)cc(/C=C2/NC(=O)N(CC(=O)OC)C2=O)cc1OC. The van der Waals surface area contributed by atoms with Gasteiger partial charge in [0.25, 0.3) is 5.91 Å². The number of benzene rings is 1. The molecule has 1 heterocycles.